The molecule has 5 nitrogen and oxygen atoms in total. The second-order valence-electron chi connectivity index (χ2n) is 4.73. The smallest absolute Gasteiger partial charge is 0.319 e. The van der Waals surface area contributed by atoms with Gasteiger partial charge in [-0.2, -0.15) is 0 Å². The summed E-state index contributed by atoms with van der Waals surface area (Å²) in [6.45, 7) is 4.25. The van der Waals surface area contributed by atoms with Crippen LogP contribution in [0.5, 0.6) is 0 Å². The summed E-state index contributed by atoms with van der Waals surface area (Å²) in [6, 6.07) is 3.16. The summed E-state index contributed by atoms with van der Waals surface area (Å²) in [5, 5.41) is 8.86. The van der Waals surface area contributed by atoms with Gasteiger partial charge in [0.2, 0.25) is 5.91 Å². The second kappa shape index (κ2) is 5.48. The molecular formula is C13H16ClN3O2. The van der Waals surface area contributed by atoms with E-state index in [1.54, 1.807) is 0 Å². The van der Waals surface area contributed by atoms with Crippen LogP contribution < -0.4 is 16.0 Å². The van der Waals surface area contributed by atoms with E-state index in [1.807, 2.05) is 26.0 Å². The van der Waals surface area contributed by atoms with Crippen molar-refractivity contribution in [3.63, 3.8) is 0 Å². The Morgan fingerprint density at radius 1 is 1.37 bits per heavy atom. The van der Waals surface area contributed by atoms with E-state index >= 15 is 0 Å². The van der Waals surface area contributed by atoms with Crippen LogP contribution >= 0.6 is 11.6 Å². The fraction of sp³-hybridized carbons (Fsp3) is 0.385. The largest absolute Gasteiger partial charge is 0.354 e. The quantitative estimate of drug-likeness (QED) is 0.776. The van der Waals surface area contributed by atoms with Crippen molar-refractivity contribution in [3.8, 4) is 0 Å². The summed E-state index contributed by atoms with van der Waals surface area (Å²) in [4.78, 5) is 22.8. The molecule has 1 fully saturated rings. The van der Waals surface area contributed by atoms with E-state index in [1.165, 1.54) is 0 Å². The Morgan fingerprint density at radius 2 is 2.00 bits per heavy atom. The highest BCUT2D eigenvalue weighted by Crippen LogP contribution is 2.24. The lowest BCUT2D eigenvalue weighted by molar-refractivity contribution is -0.119. The zero-order valence-electron chi connectivity index (χ0n) is 10.8. The average Bonchev–Trinajstić information content (AvgIpc) is 2.71. The molecule has 0 bridgehead atoms. The number of halogens is 1. The van der Waals surface area contributed by atoms with E-state index in [9.17, 15) is 9.59 Å². The Morgan fingerprint density at radius 3 is 2.53 bits per heavy atom. The van der Waals surface area contributed by atoms with E-state index in [2.05, 4.69) is 16.0 Å². The van der Waals surface area contributed by atoms with E-state index in [-0.39, 0.29) is 18.0 Å². The Kier molecular flexibility index (Phi) is 3.95. The van der Waals surface area contributed by atoms with Crippen LogP contribution in [0.2, 0.25) is 5.02 Å². The summed E-state index contributed by atoms with van der Waals surface area (Å²) >= 11 is 6.07. The van der Waals surface area contributed by atoms with E-state index in [0.29, 0.717) is 23.7 Å². The molecule has 1 aromatic carbocycles. The van der Waals surface area contributed by atoms with Gasteiger partial charge in [0, 0.05) is 23.7 Å². The number of carbonyl (C=O) groups is 2. The van der Waals surface area contributed by atoms with Crippen LogP contribution in [-0.2, 0) is 4.79 Å². The second-order valence-corrected chi connectivity index (χ2v) is 5.11. The van der Waals surface area contributed by atoms with Gasteiger partial charge in [-0.3, -0.25) is 4.79 Å². The summed E-state index contributed by atoms with van der Waals surface area (Å²) in [7, 11) is 0. The van der Waals surface area contributed by atoms with Crippen molar-refractivity contribution in [3.05, 3.63) is 28.3 Å². The van der Waals surface area contributed by atoms with E-state index in [4.69, 9.17) is 11.6 Å². The molecular weight excluding hydrogens is 266 g/mol. The first-order valence-corrected chi connectivity index (χ1v) is 6.44. The lowest BCUT2D eigenvalue weighted by Gasteiger charge is -2.13. The van der Waals surface area contributed by atoms with Gasteiger partial charge in [0.25, 0.3) is 0 Å². The maximum atomic E-state index is 11.8. The minimum atomic E-state index is -0.317. The molecule has 102 valence electrons. The normalized spacial score (nSPS) is 18.1. The predicted molar refractivity (Wildman–Crippen MR) is 74.5 cm³/mol. The van der Waals surface area contributed by atoms with Crippen LogP contribution in [0.25, 0.3) is 0 Å². The highest BCUT2D eigenvalue weighted by molar-refractivity contribution is 6.32. The number of nitrogens with one attached hydrogen (secondary N) is 3. The van der Waals surface area contributed by atoms with Gasteiger partial charge in [0.1, 0.15) is 0 Å². The molecule has 1 aromatic rings. The van der Waals surface area contributed by atoms with Crippen LogP contribution in [0.15, 0.2) is 12.1 Å². The number of hydrogen-bond acceptors (Lipinski definition) is 2. The Balaban J connectivity index is 1.97. The lowest BCUT2D eigenvalue weighted by atomic mass is 10.1. The molecule has 0 spiro atoms. The molecule has 2 rings (SSSR count). The number of urea groups is 1. The molecule has 0 aromatic heterocycles. The highest BCUT2D eigenvalue weighted by Gasteiger charge is 2.22. The molecule has 3 amide bonds. The molecule has 1 heterocycles. The van der Waals surface area contributed by atoms with Gasteiger partial charge < -0.3 is 16.0 Å². The van der Waals surface area contributed by atoms with Crippen molar-refractivity contribution in [1.29, 1.82) is 0 Å². The van der Waals surface area contributed by atoms with Crippen LogP contribution in [0.3, 0.4) is 0 Å². The van der Waals surface area contributed by atoms with E-state index < -0.39 is 0 Å². The molecule has 0 radical (unpaired) electrons. The van der Waals surface area contributed by atoms with Crippen molar-refractivity contribution in [2.24, 2.45) is 0 Å². The fourth-order valence-corrected chi connectivity index (χ4v) is 2.19. The number of amides is 3. The molecule has 1 aliphatic heterocycles. The standard InChI is InChI=1S/C13H16ClN3O2/c1-7-3-9(4-8(2)12(7)14)16-13(19)17-10-5-11(18)15-6-10/h3-4,10H,5-6H2,1-2H3,(H,15,18)(H2,16,17,19)/t10-/m1/s1. The number of anilines is 1. The summed E-state index contributed by atoms with van der Waals surface area (Å²) < 4.78 is 0. The number of hydrogen-bond donors (Lipinski definition) is 3. The van der Waals surface area contributed by atoms with Crippen molar-refractivity contribution in [1.82, 2.24) is 10.6 Å². The minimum absolute atomic E-state index is 0.0384. The topological polar surface area (TPSA) is 70.2 Å². The lowest BCUT2D eigenvalue weighted by Crippen LogP contribution is -2.39. The highest BCUT2D eigenvalue weighted by atomic mass is 35.5. The molecule has 0 saturated carbocycles. The van der Waals surface area contributed by atoms with Crippen molar-refractivity contribution < 1.29 is 9.59 Å². The molecule has 1 saturated heterocycles. The summed E-state index contributed by atoms with van der Waals surface area (Å²) in [6.07, 6.45) is 0.325. The first-order chi connectivity index (χ1) is 8.95. The van der Waals surface area contributed by atoms with Gasteiger partial charge in [-0.25, -0.2) is 4.79 Å². The van der Waals surface area contributed by atoms with Crippen molar-refractivity contribution in [2.45, 2.75) is 26.3 Å². The number of benzene rings is 1. The van der Waals surface area contributed by atoms with Crippen molar-refractivity contribution >= 4 is 29.2 Å². The van der Waals surface area contributed by atoms with Crippen LogP contribution in [0, 0.1) is 13.8 Å². The Labute approximate surface area is 116 Å². The molecule has 3 N–H and O–H groups in total. The Hall–Kier alpha value is -1.75. The van der Waals surface area contributed by atoms with Gasteiger partial charge >= 0.3 is 6.03 Å². The average molecular weight is 282 g/mol. The zero-order chi connectivity index (χ0) is 14.0. The van der Waals surface area contributed by atoms with Crippen LogP contribution in [0.1, 0.15) is 17.5 Å². The maximum absolute atomic E-state index is 11.8. The monoisotopic (exact) mass is 281 g/mol. The third-order valence-corrected chi connectivity index (χ3v) is 3.60. The molecule has 6 heteroatoms. The molecule has 1 atom stereocenters. The van der Waals surface area contributed by atoms with Crippen LogP contribution in [-0.4, -0.2) is 24.5 Å². The Bertz CT molecular complexity index is 508. The predicted octanol–water partition coefficient (Wildman–Crippen LogP) is 1.97. The summed E-state index contributed by atoms with van der Waals surface area (Å²) in [5.41, 5.74) is 2.51. The van der Waals surface area contributed by atoms with Gasteiger partial charge in [0.15, 0.2) is 0 Å². The SMILES string of the molecule is Cc1cc(NC(=O)N[C@H]2CNC(=O)C2)cc(C)c1Cl. The first kappa shape index (κ1) is 13.7. The first-order valence-electron chi connectivity index (χ1n) is 6.06. The number of aryl methyl sites for hydroxylation is 2. The zero-order valence-corrected chi connectivity index (χ0v) is 11.6. The van der Waals surface area contributed by atoms with Gasteiger partial charge in [0.05, 0.1) is 6.04 Å². The van der Waals surface area contributed by atoms with Crippen molar-refractivity contribution in [2.75, 3.05) is 11.9 Å². The fourth-order valence-electron chi connectivity index (χ4n) is 2.08. The molecule has 0 aliphatic carbocycles. The molecule has 1 aliphatic rings. The molecule has 19 heavy (non-hydrogen) atoms. The summed E-state index contributed by atoms with van der Waals surface area (Å²) in [5.74, 6) is -0.0384. The minimum Gasteiger partial charge on any atom is -0.354 e. The van der Waals surface area contributed by atoms with E-state index in [0.717, 1.165) is 11.1 Å². The van der Waals surface area contributed by atoms with Crippen LogP contribution in [0.4, 0.5) is 10.5 Å². The number of rotatable bonds is 2. The third kappa shape index (κ3) is 3.38. The molecule has 0 unspecified atom stereocenters. The van der Waals surface area contributed by atoms with Gasteiger partial charge in [-0.15, -0.1) is 0 Å². The third-order valence-electron chi connectivity index (χ3n) is 3.01. The van der Waals surface area contributed by atoms with Gasteiger partial charge in [-0.1, -0.05) is 11.6 Å². The number of carbonyl (C=O) groups excluding carboxylic acids is 2. The maximum Gasteiger partial charge on any atom is 0.319 e. The van der Waals surface area contributed by atoms with Gasteiger partial charge in [-0.05, 0) is 37.1 Å².